The van der Waals surface area contributed by atoms with Gasteiger partial charge in [0.05, 0.1) is 12.5 Å². The number of carbonyl (C=O) groups excluding carboxylic acids is 2. The van der Waals surface area contributed by atoms with E-state index in [0.29, 0.717) is 24.7 Å². The Bertz CT molecular complexity index is 794. The Hall–Kier alpha value is -2.37. The minimum atomic E-state index is -0.587. The second-order valence-electron chi connectivity index (χ2n) is 7.55. The highest BCUT2D eigenvalue weighted by Gasteiger charge is 2.26. The molecule has 0 fully saturated rings. The highest BCUT2D eigenvalue weighted by Crippen LogP contribution is 2.14. The minimum absolute atomic E-state index is 0.105. The normalized spacial score (nSPS) is 11.9. The van der Waals surface area contributed by atoms with Crippen LogP contribution in [0.4, 0.5) is 0 Å². The van der Waals surface area contributed by atoms with Gasteiger partial charge in [-0.15, -0.1) is 0 Å². The van der Waals surface area contributed by atoms with Crippen LogP contribution in [0.5, 0.6) is 0 Å². The van der Waals surface area contributed by atoms with E-state index in [1.165, 1.54) is 0 Å². The van der Waals surface area contributed by atoms with Crippen LogP contribution in [0, 0.1) is 0 Å². The minimum Gasteiger partial charge on any atom is -0.379 e. The molecule has 2 rings (SSSR count). The highest BCUT2D eigenvalue weighted by atomic mass is 35.5. The van der Waals surface area contributed by atoms with Gasteiger partial charge in [0.1, 0.15) is 6.04 Å². The van der Waals surface area contributed by atoms with Crippen molar-refractivity contribution in [1.29, 1.82) is 0 Å². The maximum absolute atomic E-state index is 13.1. The number of rotatable bonds is 11. The largest absolute Gasteiger partial charge is 0.379 e. The van der Waals surface area contributed by atoms with Crippen LogP contribution in [0.25, 0.3) is 0 Å². The van der Waals surface area contributed by atoms with Crippen LogP contribution < -0.4 is 5.32 Å². The second kappa shape index (κ2) is 12.4. The summed E-state index contributed by atoms with van der Waals surface area (Å²) < 4.78 is 5.50. The number of carbonyl (C=O) groups is 2. The molecule has 1 atom stereocenters. The summed E-state index contributed by atoms with van der Waals surface area (Å²) in [5.74, 6) is -0.271. The van der Waals surface area contributed by atoms with Gasteiger partial charge in [0.2, 0.25) is 11.8 Å². The molecule has 0 saturated heterocycles. The van der Waals surface area contributed by atoms with E-state index >= 15 is 0 Å². The predicted molar refractivity (Wildman–Crippen MR) is 120 cm³/mol. The monoisotopic (exact) mass is 430 g/mol. The first kappa shape index (κ1) is 23.9. The van der Waals surface area contributed by atoms with Gasteiger partial charge in [0, 0.05) is 24.7 Å². The predicted octanol–water partition coefficient (Wildman–Crippen LogP) is 4.23. The first-order valence-corrected chi connectivity index (χ1v) is 10.7. The highest BCUT2D eigenvalue weighted by molar-refractivity contribution is 6.30. The molecule has 2 amide bonds. The van der Waals surface area contributed by atoms with Crippen molar-refractivity contribution in [1.82, 2.24) is 10.2 Å². The third kappa shape index (κ3) is 8.17. The van der Waals surface area contributed by atoms with Gasteiger partial charge < -0.3 is 15.0 Å². The smallest absolute Gasteiger partial charge is 0.242 e. The van der Waals surface area contributed by atoms with Crippen molar-refractivity contribution in [2.45, 2.75) is 52.3 Å². The Morgan fingerprint density at radius 3 is 2.30 bits per heavy atom. The fraction of sp³-hybridized carbons (Fsp3) is 0.417. The van der Waals surface area contributed by atoms with E-state index in [9.17, 15) is 9.59 Å². The Balaban J connectivity index is 2.03. The lowest BCUT2D eigenvalue weighted by molar-refractivity contribution is -0.140. The average molecular weight is 431 g/mol. The van der Waals surface area contributed by atoms with Gasteiger partial charge in [0.25, 0.3) is 0 Å². The van der Waals surface area contributed by atoms with Crippen molar-refractivity contribution in [2.24, 2.45) is 0 Å². The first-order chi connectivity index (χ1) is 14.4. The van der Waals surface area contributed by atoms with Crippen LogP contribution in [0.2, 0.25) is 5.02 Å². The van der Waals surface area contributed by atoms with Crippen LogP contribution in [0.3, 0.4) is 0 Å². The van der Waals surface area contributed by atoms with Gasteiger partial charge in [-0.2, -0.15) is 0 Å². The summed E-state index contributed by atoms with van der Waals surface area (Å²) in [6.07, 6.45) is 1.12. The fourth-order valence-corrected chi connectivity index (χ4v) is 3.12. The first-order valence-electron chi connectivity index (χ1n) is 10.3. The molecular weight excluding hydrogens is 400 g/mol. The van der Waals surface area contributed by atoms with Crippen LogP contribution in [-0.4, -0.2) is 42.0 Å². The van der Waals surface area contributed by atoms with Gasteiger partial charge in [0.15, 0.2) is 0 Å². The molecule has 5 nitrogen and oxygen atoms in total. The standard InChI is InChI=1S/C24H31ClN2O3/c1-18(2)30-15-7-14-26-24(29)19(3)27(17-21-8-5-4-6-9-21)23(28)16-20-10-12-22(25)13-11-20/h4-6,8-13,18-19H,7,14-17H2,1-3H3,(H,26,29)/t19-/m0/s1. The fourth-order valence-electron chi connectivity index (χ4n) is 2.99. The average Bonchev–Trinajstić information content (AvgIpc) is 2.73. The summed E-state index contributed by atoms with van der Waals surface area (Å²) in [4.78, 5) is 27.4. The lowest BCUT2D eigenvalue weighted by Crippen LogP contribution is -2.48. The molecule has 2 aromatic rings. The van der Waals surface area contributed by atoms with Crippen LogP contribution in [0.15, 0.2) is 54.6 Å². The summed E-state index contributed by atoms with van der Waals surface area (Å²) in [6.45, 7) is 7.21. The van der Waals surface area contributed by atoms with Crippen LogP contribution >= 0.6 is 11.6 Å². The molecule has 0 aliphatic heterocycles. The van der Waals surface area contributed by atoms with E-state index in [2.05, 4.69) is 5.32 Å². The van der Waals surface area contributed by atoms with Crippen molar-refractivity contribution >= 4 is 23.4 Å². The maximum atomic E-state index is 13.1. The number of nitrogens with zero attached hydrogens (tertiary/aromatic N) is 1. The number of amides is 2. The number of hydrogen-bond donors (Lipinski definition) is 1. The number of halogens is 1. The van der Waals surface area contributed by atoms with Gasteiger partial charge in [-0.3, -0.25) is 9.59 Å². The lowest BCUT2D eigenvalue weighted by atomic mass is 10.1. The molecule has 6 heteroatoms. The summed E-state index contributed by atoms with van der Waals surface area (Å²) in [5.41, 5.74) is 1.84. The lowest BCUT2D eigenvalue weighted by Gasteiger charge is -2.29. The third-order valence-electron chi connectivity index (χ3n) is 4.70. The maximum Gasteiger partial charge on any atom is 0.242 e. The Kier molecular flexibility index (Phi) is 9.84. The van der Waals surface area contributed by atoms with Crippen molar-refractivity contribution < 1.29 is 14.3 Å². The van der Waals surface area contributed by atoms with E-state index in [-0.39, 0.29) is 24.3 Å². The van der Waals surface area contributed by atoms with Gasteiger partial charge in [-0.05, 0) is 50.5 Å². The SMILES string of the molecule is CC(C)OCCCNC(=O)[C@H](C)N(Cc1ccccc1)C(=O)Cc1ccc(Cl)cc1. The molecule has 0 bridgehead atoms. The molecule has 162 valence electrons. The zero-order chi connectivity index (χ0) is 21.9. The molecule has 30 heavy (non-hydrogen) atoms. The molecule has 0 aliphatic carbocycles. The quantitative estimate of drug-likeness (QED) is 0.542. The molecule has 0 heterocycles. The summed E-state index contributed by atoms with van der Waals surface area (Å²) in [6, 6.07) is 16.3. The summed E-state index contributed by atoms with van der Waals surface area (Å²) in [5, 5.41) is 3.54. The zero-order valence-electron chi connectivity index (χ0n) is 17.9. The van der Waals surface area contributed by atoms with Crippen LogP contribution in [0.1, 0.15) is 38.3 Å². The Labute approximate surface area is 184 Å². The second-order valence-corrected chi connectivity index (χ2v) is 7.99. The molecule has 1 N–H and O–H groups in total. The molecule has 0 aliphatic rings. The van der Waals surface area contributed by atoms with E-state index in [1.54, 1.807) is 24.0 Å². The van der Waals surface area contributed by atoms with E-state index in [0.717, 1.165) is 17.5 Å². The van der Waals surface area contributed by atoms with Crippen molar-refractivity contribution in [3.8, 4) is 0 Å². The van der Waals surface area contributed by atoms with Crippen molar-refractivity contribution in [3.63, 3.8) is 0 Å². The molecule has 0 unspecified atom stereocenters. The number of hydrogen-bond acceptors (Lipinski definition) is 3. The molecule has 0 saturated carbocycles. The van der Waals surface area contributed by atoms with Crippen molar-refractivity contribution in [2.75, 3.05) is 13.2 Å². The van der Waals surface area contributed by atoms with E-state index in [4.69, 9.17) is 16.3 Å². The van der Waals surface area contributed by atoms with Crippen molar-refractivity contribution in [3.05, 3.63) is 70.7 Å². The van der Waals surface area contributed by atoms with Crippen LogP contribution in [-0.2, 0) is 27.3 Å². The Morgan fingerprint density at radius 2 is 1.67 bits per heavy atom. The Morgan fingerprint density at radius 1 is 1.00 bits per heavy atom. The summed E-state index contributed by atoms with van der Waals surface area (Å²) >= 11 is 5.94. The molecule has 2 aromatic carbocycles. The van der Waals surface area contributed by atoms with Gasteiger partial charge >= 0.3 is 0 Å². The number of ether oxygens (including phenoxy) is 1. The zero-order valence-corrected chi connectivity index (χ0v) is 18.7. The molecular formula is C24H31ClN2O3. The number of benzene rings is 2. The van der Waals surface area contributed by atoms with E-state index < -0.39 is 6.04 Å². The molecule has 0 radical (unpaired) electrons. The van der Waals surface area contributed by atoms with Gasteiger partial charge in [-0.1, -0.05) is 54.1 Å². The molecule has 0 aromatic heterocycles. The topological polar surface area (TPSA) is 58.6 Å². The summed E-state index contributed by atoms with van der Waals surface area (Å²) in [7, 11) is 0. The number of nitrogens with one attached hydrogen (secondary N) is 1. The third-order valence-corrected chi connectivity index (χ3v) is 4.96. The van der Waals surface area contributed by atoms with E-state index in [1.807, 2.05) is 56.3 Å². The molecule has 0 spiro atoms. The van der Waals surface area contributed by atoms with Gasteiger partial charge in [-0.25, -0.2) is 0 Å².